The van der Waals surface area contributed by atoms with Crippen molar-refractivity contribution in [2.75, 3.05) is 6.54 Å². The quantitative estimate of drug-likeness (QED) is 0.752. The van der Waals surface area contributed by atoms with E-state index in [1.807, 2.05) is 41.5 Å². The summed E-state index contributed by atoms with van der Waals surface area (Å²) in [5, 5.41) is 12.4. The van der Waals surface area contributed by atoms with Gasteiger partial charge in [0.25, 0.3) is 0 Å². The zero-order valence-corrected chi connectivity index (χ0v) is 14.1. The van der Waals surface area contributed by atoms with E-state index in [1.54, 1.807) is 18.7 Å². The first kappa shape index (κ1) is 18.9. The Morgan fingerprint density at radius 2 is 1.45 bits per heavy atom. The molecular formula is C15H30N2O3. The lowest BCUT2D eigenvalue weighted by atomic mass is 9.74. The van der Waals surface area contributed by atoms with Crippen LogP contribution in [0.15, 0.2) is 0 Å². The van der Waals surface area contributed by atoms with Crippen LogP contribution in [-0.4, -0.2) is 46.1 Å². The van der Waals surface area contributed by atoms with E-state index in [2.05, 4.69) is 5.32 Å². The summed E-state index contributed by atoms with van der Waals surface area (Å²) in [5.41, 5.74) is -1.65. The number of carbonyl (C=O) groups is 2. The van der Waals surface area contributed by atoms with Crippen LogP contribution in [0, 0.1) is 5.41 Å². The van der Waals surface area contributed by atoms with Gasteiger partial charge in [0.15, 0.2) is 0 Å². The molecular weight excluding hydrogens is 256 g/mol. The molecule has 0 saturated heterocycles. The molecule has 5 nitrogen and oxygen atoms in total. The Morgan fingerprint density at radius 3 is 1.75 bits per heavy atom. The summed E-state index contributed by atoms with van der Waals surface area (Å²) in [4.78, 5) is 25.4. The SMILES string of the molecule is CC(C)N(C(=O)CNC(C)(C)C(C)(C)C(=O)O)C(C)C. The minimum atomic E-state index is -0.965. The van der Waals surface area contributed by atoms with Gasteiger partial charge in [-0.25, -0.2) is 0 Å². The van der Waals surface area contributed by atoms with Crippen LogP contribution in [0.4, 0.5) is 0 Å². The van der Waals surface area contributed by atoms with Gasteiger partial charge in [-0.15, -0.1) is 0 Å². The van der Waals surface area contributed by atoms with E-state index in [1.165, 1.54) is 0 Å². The summed E-state index contributed by atoms with van der Waals surface area (Å²) < 4.78 is 0. The number of nitrogens with zero attached hydrogens (tertiary/aromatic N) is 1. The third-order valence-electron chi connectivity index (χ3n) is 4.18. The van der Waals surface area contributed by atoms with Crippen LogP contribution >= 0.6 is 0 Å². The first-order valence-electron chi connectivity index (χ1n) is 7.14. The molecule has 0 aromatic rings. The van der Waals surface area contributed by atoms with Gasteiger partial charge in [0, 0.05) is 17.6 Å². The summed E-state index contributed by atoms with van der Waals surface area (Å²) in [6.07, 6.45) is 0. The topological polar surface area (TPSA) is 69.6 Å². The molecule has 5 heteroatoms. The lowest BCUT2D eigenvalue weighted by Gasteiger charge is -2.40. The number of hydrogen-bond donors (Lipinski definition) is 2. The van der Waals surface area contributed by atoms with E-state index < -0.39 is 16.9 Å². The fourth-order valence-electron chi connectivity index (χ4n) is 2.05. The molecule has 1 amide bonds. The van der Waals surface area contributed by atoms with Crippen LogP contribution in [0.1, 0.15) is 55.4 Å². The molecule has 0 bridgehead atoms. The number of rotatable bonds is 7. The average Bonchev–Trinajstić information content (AvgIpc) is 2.24. The van der Waals surface area contributed by atoms with E-state index in [-0.39, 0.29) is 24.5 Å². The van der Waals surface area contributed by atoms with Gasteiger partial charge < -0.3 is 15.3 Å². The van der Waals surface area contributed by atoms with Crippen LogP contribution in [0.25, 0.3) is 0 Å². The minimum Gasteiger partial charge on any atom is -0.481 e. The van der Waals surface area contributed by atoms with Crippen LogP contribution in [-0.2, 0) is 9.59 Å². The maximum absolute atomic E-state index is 12.3. The second kappa shape index (κ2) is 6.57. The van der Waals surface area contributed by atoms with E-state index in [4.69, 9.17) is 0 Å². The summed E-state index contributed by atoms with van der Waals surface area (Å²) >= 11 is 0. The monoisotopic (exact) mass is 286 g/mol. The van der Waals surface area contributed by atoms with Crippen molar-refractivity contribution in [3.8, 4) is 0 Å². The molecule has 0 aromatic heterocycles. The van der Waals surface area contributed by atoms with E-state index in [0.29, 0.717) is 0 Å². The minimum absolute atomic E-state index is 0.00994. The van der Waals surface area contributed by atoms with Crippen molar-refractivity contribution in [3.05, 3.63) is 0 Å². The molecule has 0 heterocycles. The number of amides is 1. The van der Waals surface area contributed by atoms with Gasteiger partial charge in [0.2, 0.25) is 5.91 Å². The fourth-order valence-corrected chi connectivity index (χ4v) is 2.05. The lowest BCUT2D eigenvalue weighted by molar-refractivity contribution is -0.152. The Labute approximate surface area is 122 Å². The second-order valence-electron chi connectivity index (χ2n) is 6.90. The smallest absolute Gasteiger partial charge is 0.310 e. The predicted octanol–water partition coefficient (Wildman–Crippen LogP) is 2.11. The fraction of sp³-hybridized carbons (Fsp3) is 0.867. The Hall–Kier alpha value is -1.10. The third-order valence-corrected chi connectivity index (χ3v) is 4.18. The number of aliphatic carboxylic acids is 1. The number of hydrogen-bond acceptors (Lipinski definition) is 3. The number of carboxylic acid groups (broad SMARTS) is 1. The van der Waals surface area contributed by atoms with Crippen LogP contribution in [0.2, 0.25) is 0 Å². The highest BCUT2D eigenvalue weighted by Crippen LogP contribution is 2.30. The normalized spacial score (nSPS) is 12.9. The van der Waals surface area contributed by atoms with E-state index in [0.717, 1.165) is 0 Å². The average molecular weight is 286 g/mol. The molecule has 2 N–H and O–H groups in total. The van der Waals surface area contributed by atoms with Crippen molar-refractivity contribution < 1.29 is 14.7 Å². The molecule has 0 aromatic carbocycles. The van der Waals surface area contributed by atoms with Crippen molar-refractivity contribution in [2.24, 2.45) is 5.41 Å². The van der Waals surface area contributed by atoms with Crippen molar-refractivity contribution in [1.29, 1.82) is 0 Å². The van der Waals surface area contributed by atoms with Crippen LogP contribution < -0.4 is 5.32 Å². The summed E-state index contributed by atoms with van der Waals surface area (Å²) in [6.45, 7) is 15.0. The number of carbonyl (C=O) groups excluding carboxylic acids is 1. The maximum atomic E-state index is 12.3. The standard InChI is InChI=1S/C15H30N2O3/c1-10(2)17(11(3)4)12(18)9-16-15(7,8)14(5,6)13(19)20/h10-11,16H,9H2,1-8H3,(H,19,20). The van der Waals surface area contributed by atoms with Crippen molar-refractivity contribution in [1.82, 2.24) is 10.2 Å². The molecule has 0 aliphatic rings. The van der Waals surface area contributed by atoms with E-state index >= 15 is 0 Å². The Bertz CT molecular complexity index is 352. The molecule has 118 valence electrons. The predicted molar refractivity (Wildman–Crippen MR) is 80.6 cm³/mol. The lowest BCUT2D eigenvalue weighted by Crippen LogP contribution is -2.58. The summed E-state index contributed by atoms with van der Waals surface area (Å²) in [5.74, 6) is -0.892. The first-order chi connectivity index (χ1) is 8.84. The molecule has 0 radical (unpaired) electrons. The molecule has 0 spiro atoms. The van der Waals surface area contributed by atoms with Crippen molar-refractivity contribution in [3.63, 3.8) is 0 Å². The molecule has 0 atom stereocenters. The highest BCUT2D eigenvalue weighted by Gasteiger charge is 2.43. The summed E-state index contributed by atoms with van der Waals surface area (Å²) in [6, 6.07) is 0.250. The van der Waals surface area contributed by atoms with Gasteiger partial charge >= 0.3 is 5.97 Å². The van der Waals surface area contributed by atoms with Gasteiger partial charge in [0.05, 0.1) is 12.0 Å². The molecule has 0 unspecified atom stereocenters. The molecule has 0 aliphatic carbocycles. The van der Waals surface area contributed by atoms with Crippen LogP contribution in [0.5, 0.6) is 0 Å². The highest BCUT2D eigenvalue weighted by atomic mass is 16.4. The Morgan fingerprint density at radius 1 is 1.05 bits per heavy atom. The summed E-state index contributed by atoms with van der Waals surface area (Å²) in [7, 11) is 0. The Balaban J connectivity index is 4.85. The molecule has 0 saturated carbocycles. The van der Waals surface area contributed by atoms with Crippen molar-refractivity contribution in [2.45, 2.75) is 73.0 Å². The third kappa shape index (κ3) is 4.20. The Kier molecular flexibility index (Phi) is 6.21. The molecule has 0 fully saturated rings. The molecule has 0 aliphatic heterocycles. The number of carboxylic acids is 1. The van der Waals surface area contributed by atoms with Gasteiger partial charge in [-0.05, 0) is 55.4 Å². The van der Waals surface area contributed by atoms with E-state index in [9.17, 15) is 14.7 Å². The zero-order valence-electron chi connectivity index (χ0n) is 14.1. The largest absolute Gasteiger partial charge is 0.481 e. The highest BCUT2D eigenvalue weighted by molar-refractivity contribution is 5.79. The van der Waals surface area contributed by atoms with Gasteiger partial charge in [-0.2, -0.15) is 0 Å². The second-order valence-corrected chi connectivity index (χ2v) is 6.90. The van der Waals surface area contributed by atoms with Gasteiger partial charge in [-0.3, -0.25) is 9.59 Å². The molecule has 0 rings (SSSR count). The molecule has 20 heavy (non-hydrogen) atoms. The van der Waals surface area contributed by atoms with Crippen molar-refractivity contribution >= 4 is 11.9 Å². The first-order valence-corrected chi connectivity index (χ1v) is 7.14. The number of nitrogens with one attached hydrogen (secondary N) is 1. The van der Waals surface area contributed by atoms with Crippen LogP contribution in [0.3, 0.4) is 0 Å². The van der Waals surface area contributed by atoms with Gasteiger partial charge in [-0.1, -0.05) is 0 Å². The maximum Gasteiger partial charge on any atom is 0.310 e. The van der Waals surface area contributed by atoms with Gasteiger partial charge in [0.1, 0.15) is 0 Å². The zero-order chi connectivity index (χ0) is 16.3.